The summed E-state index contributed by atoms with van der Waals surface area (Å²) in [5.41, 5.74) is 0.739. The van der Waals surface area contributed by atoms with Crippen molar-refractivity contribution in [2.45, 2.75) is 44.7 Å². The average Bonchev–Trinajstić information content (AvgIpc) is 3.46. The van der Waals surface area contributed by atoms with Crippen LogP contribution in [-0.2, 0) is 6.54 Å². The Hall–Kier alpha value is -1.55. The SMILES string of the molecule is CC1CC1c1ccc(CN(C(=O)c2ccc(Br)cc2)C2CC2)o1. The van der Waals surface area contributed by atoms with Gasteiger partial charge in [0.1, 0.15) is 11.5 Å². The third-order valence-corrected chi connectivity index (χ3v) is 5.35. The molecule has 1 aromatic heterocycles. The first-order valence-corrected chi connectivity index (χ1v) is 9.06. The van der Waals surface area contributed by atoms with Crippen LogP contribution in [0.25, 0.3) is 0 Å². The fourth-order valence-corrected chi connectivity index (χ4v) is 3.34. The molecular formula is C19H20BrNO2. The first kappa shape index (κ1) is 15.0. The van der Waals surface area contributed by atoms with E-state index in [1.165, 1.54) is 6.42 Å². The Morgan fingerprint density at radius 2 is 1.91 bits per heavy atom. The second-order valence-electron chi connectivity index (χ2n) is 6.79. The van der Waals surface area contributed by atoms with Crippen molar-refractivity contribution in [3.63, 3.8) is 0 Å². The van der Waals surface area contributed by atoms with Gasteiger partial charge < -0.3 is 9.32 Å². The molecule has 120 valence electrons. The molecule has 0 aliphatic heterocycles. The number of amides is 1. The molecule has 3 nitrogen and oxygen atoms in total. The summed E-state index contributed by atoms with van der Waals surface area (Å²) in [6.45, 7) is 2.82. The highest BCUT2D eigenvalue weighted by atomic mass is 79.9. The van der Waals surface area contributed by atoms with E-state index < -0.39 is 0 Å². The van der Waals surface area contributed by atoms with Crippen molar-refractivity contribution in [1.82, 2.24) is 4.90 Å². The van der Waals surface area contributed by atoms with E-state index in [1.54, 1.807) is 0 Å². The van der Waals surface area contributed by atoms with Gasteiger partial charge in [0.15, 0.2) is 0 Å². The van der Waals surface area contributed by atoms with Gasteiger partial charge in [0.2, 0.25) is 0 Å². The van der Waals surface area contributed by atoms with Crippen molar-refractivity contribution < 1.29 is 9.21 Å². The van der Waals surface area contributed by atoms with Crippen LogP contribution in [0.1, 0.15) is 54.0 Å². The molecule has 2 atom stereocenters. The maximum atomic E-state index is 12.8. The minimum Gasteiger partial charge on any atom is -0.464 e. The predicted molar refractivity (Wildman–Crippen MR) is 92.3 cm³/mol. The van der Waals surface area contributed by atoms with Gasteiger partial charge in [-0.3, -0.25) is 4.79 Å². The van der Waals surface area contributed by atoms with Crippen molar-refractivity contribution in [2.24, 2.45) is 5.92 Å². The number of hydrogen-bond acceptors (Lipinski definition) is 2. The molecular weight excluding hydrogens is 354 g/mol. The molecule has 0 spiro atoms. The number of nitrogens with zero attached hydrogens (tertiary/aromatic N) is 1. The van der Waals surface area contributed by atoms with E-state index in [1.807, 2.05) is 35.2 Å². The zero-order valence-electron chi connectivity index (χ0n) is 13.2. The Morgan fingerprint density at radius 1 is 1.22 bits per heavy atom. The zero-order chi connectivity index (χ0) is 16.0. The largest absolute Gasteiger partial charge is 0.464 e. The fourth-order valence-electron chi connectivity index (χ4n) is 3.08. The summed E-state index contributed by atoms with van der Waals surface area (Å²) in [6.07, 6.45) is 3.40. The molecule has 1 heterocycles. The molecule has 0 radical (unpaired) electrons. The third-order valence-electron chi connectivity index (χ3n) is 4.82. The van der Waals surface area contributed by atoms with Crippen LogP contribution in [0.3, 0.4) is 0 Å². The number of hydrogen-bond donors (Lipinski definition) is 0. The minimum atomic E-state index is 0.0951. The number of rotatable bonds is 5. The number of furan rings is 1. The van der Waals surface area contributed by atoms with Gasteiger partial charge in [0.25, 0.3) is 5.91 Å². The van der Waals surface area contributed by atoms with Gasteiger partial charge in [-0.1, -0.05) is 22.9 Å². The Balaban J connectivity index is 1.50. The molecule has 0 bridgehead atoms. The van der Waals surface area contributed by atoms with Crippen LogP contribution in [0.5, 0.6) is 0 Å². The Kier molecular flexibility index (Phi) is 3.80. The van der Waals surface area contributed by atoms with E-state index in [9.17, 15) is 4.79 Å². The standard InChI is InChI=1S/C19H20BrNO2/c1-12-10-17(12)18-9-8-16(23-18)11-21(15-6-7-15)19(22)13-2-4-14(20)5-3-13/h2-5,8-9,12,15,17H,6-7,10-11H2,1H3. The summed E-state index contributed by atoms with van der Waals surface area (Å²) < 4.78 is 6.98. The lowest BCUT2D eigenvalue weighted by Gasteiger charge is -2.21. The number of benzene rings is 1. The number of carbonyl (C=O) groups is 1. The minimum absolute atomic E-state index is 0.0951. The lowest BCUT2D eigenvalue weighted by atomic mass is 10.2. The van der Waals surface area contributed by atoms with Crippen molar-refractivity contribution >= 4 is 21.8 Å². The highest BCUT2D eigenvalue weighted by Gasteiger charge is 2.37. The van der Waals surface area contributed by atoms with E-state index in [4.69, 9.17) is 4.42 Å². The Labute approximate surface area is 144 Å². The first-order valence-electron chi connectivity index (χ1n) is 8.27. The van der Waals surface area contributed by atoms with Gasteiger partial charge in [-0.05, 0) is 61.6 Å². The molecule has 2 aliphatic rings. The van der Waals surface area contributed by atoms with Crippen LogP contribution >= 0.6 is 15.9 Å². The number of halogens is 1. The molecule has 2 fully saturated rings. The van der Waals surface area contributed by atoms with E-state index in [2.05, 4.69) is 28.9 Å². The molecule has 1 aromatic carbocycles. The van der Waals surface area contributed by atoms with Gasteiger partial charge in [-0.25, -0.2) is 0 Å². The Morgan fingerprint density at radius 3 is 2.52 bits per heavy atom. The van der Waals surface area contributed by atoms with Gasteiger partial charge in [-0.2, -0.15) is 0 Å². The fraction of sp³-hybridized carbons (Fsp3) is 0.421. The van der Waals surface area contributed by atoms with Gasteiger partial charge in [0, 0.05) is 22.0 Å². The third kappa shape index (κ3) is 3.23. The average molecular weight is 374 g/mol. The van der Waals surface area contributed by atoms with Crippen LogP contribution in [0.2, 0.25) is 0 Å². The van der Waals surface area contributed by atoms with Crippen molar-refractivity contribution in [2.75, 3.05) is 0 Å². The van der Waals surface area contributed by atoms with Gasteiger partial charge >= 0.3 is 0 Å². The second-order valence-corrected chi connectivity index (χ2v) is 7.71. The van der Waals surface area contributed by atoms with Crippen LogP contribution in [-0.4, -0.2) is 16.8 Å². The molecule has 23 heavy (non-hydrogen) atoms. The molecule has 1 amide bonds. The highest BCUT2D eigenvalue weighted by molar-refractivity contribution is 9.10. The van der Waals surface area contributed by atoms with E-state index in [0.29, 0.717) is 18.5 Å². The van der Waals surface area contributed by atoms with E-state index in [-0.39, 0.29) is 5.91 Å². The molecule has 2 aliphatic carbocycles. The monoisotopic (exact) mass is 373 g/mol. The second kappa shape index (κ2) is 5.82. The summed E-state index contributed by atoms with van der Waals surface area (Å²) in [6, 6.07) is 12.1. The quantitative estimate of drug-likeness (QED) is 0.740. The van der Waals surface area contributed by atoms with Crippen molar-refractivity contribution in [3.05, 3.63) is 58.0 Å². The predicted octanol–water partition coefficient (Wildman–Crippen LogP) is 4.97. The van der Waals surface area contributed by atoms with Crippen LogP contribution in [0, 0.1) is 5.92 Å². The number of carbonyl (C=O) groups excluding carboxylic acids is 1. The summed E-state index contributed by atoms with van der Waals surface area (Å²) in [4.78, 5) is 14.8. The molecule has 4 rings (SSSR count). The first-order chi connectivity index (χ1) is 11.1. The highest BCUT2D eigenvalue weighted by Crippen LogP contribution is 2.47. The van der Waals surface area contributed by atoms with Crippen LogP contribution < -0.4 is 0 Å². The van der Waals surface area contributed by atoms with Crippen LogP contribution in [0.4, 0.5) is 0 Å². The van der Waals surface area contributed by atoms with E-state index >= 15 is 0 Å². The maximum absolute atomic E-state index is 12.8. The summed E-state index contributed by atoms with van der Waals surface area (Å²) in [7, 11) is 0. The molecule has 2 unspecified atom stereocenters. The normalized spacial score (nSPS) is 22.9. The molecule has 0 saturated heterocycles. The van der Waals surface area contributed by atoms with Crippen molar-refractivity contribution in [3.8, 4) is 0 Å². The lowest BCUT2D eigenvalue weighted by molar-refractivity contribution is 0.0716. The molecule has 4 heteroatoms. The Bertz CT molecular complexity index is 717. The van der Waals surface area contributed by atoms with Gasteiger partial charge in [0.05, 0.1) is 6.54 Å². The smallest absolute Gasteiger partial charge is 0.254 e. The zero-order valence-corrected chi connectivity index (χ0v) is 14.8. The lowest BCUT2D eigenvalue weighted by Crippen LogP contribution is -2.32. The topological polar surface area (TPSA) is 33.5 Å². The summed E-state index contributed by atoms with van der Waals surface area (Å²) >= 11 is 3.41. The summed E-state index contributed by atoms with van der Waals surface area (Å²) in [5, 5.41) is 0. The molecule has 2 saturated carbocycles. The summed E-state index contributed by atoms with van der Waals surface area (Å²) in [5.74, 6) is 3.40. The molecule has 2 aromatic rings. The van der Waals surface area contributed by atoms with Gasteiger partial charge in [-0.15, -0.1) is 0 Å². The maximum Gasteiger partial charge on any atom is 0.254 e. The van der Waals surface area contributed by atoms with Crippen molar-refractivity contribution in [1.29, 1.82) is 0 Å². The van der Waals surface area contributed by atoms with Crippen LogP contribution in [0.15, 0.2) is 45.3 Å². The van der Waals surface area contributed by atoms with E-state index in [0.717, 1.165) is 40.3 Å². The molecule has 0 N–H and O–H groups in total.